The second-order valence-electron chi connectivity index (χ2n) is 7.29. The predicted molar refractivity (Wildman–Crippen MR) is 119 cm³/mol. The minimum atomic E-state index is -1.52. The van der Waals surface area contributed by atoms with Crippen LogP contribution in [0.3, 0.4) is 0 Å². The first-order valence-electron chi connectivity index (χ1n) is 9.17. The lowest BCUT2D eigenvalue weighted by atomic mass is 9.84. The molecule has 0 spiro atoms. The van der Waals surface area contributed by atoms with Crippen LogP contribution in [-0.2, 0) is 16.1 Å². The number of carbonyl (C=O) groups is 3. The maximum absolute atomic E-state index is 12.6. The SMILES string of the molecule is CN1Cc2c(Cl)cc(Cl)cc2C(c2cccc(C(=O)NC(CC(=O)O)C(=O)O)c2)C1.Cl. The number of aliphatic carboxylic acids is 2. The Kier molecular flexibility index (Phi) is 8.31. The number of benzene rings is 2. The largest absolute Gasteiger partial charge is 0.481 e. The summed E-state index contributed by atoms with van der Waals surface area (Å²) in [6.45, 7) is 1.36. The molecule has 2 aromatic rings. The number of nitrogens with one attached hydrogen (secondary N) is 1. The fourth-order valence-corrected chi connectivity index (χ4v) is 4.21. The first-order valence-corrected chi connectivity index (χ1v) is 9.93. The maximum atomic E-state index is 12.6. The first-order chi connectivity index (χ1) is 14.2. The van der Waals surface area contributed by atoms with E-state index in [0.29, 0.717) is 23.1 Å². The lowest BCUT2D eigenvalue weighted by Gasteiger charge is -2.33. The predicted octanol–water partition coefficient (Wildman–Crippen LogP) is 3.65. The average molecular weight is 488 g/mol. The molecule has 166 valence electrons. The molecule has 3 rings (SSSR count). The van der Waals surface area contributed by atoms with Crippen LogP contribution in [0.15, 0.2) is 36.4 Å². The highest BCUT2D eigenvalue weighted by molar-refractivity contribution is 6.35. The van der Waals surface area contributed by atoms with Crippen molar-refractivity contribution in [1.82, 2.24) is 10.2 Å². The molecule has 10 heteroatoms. The van der Waals surface area contributed by atoms with Gasteiger partial charge in [0.25, 0.3) is 5.91 Å². The van der Waals surface area contributed by atoms with Gasteiger partial charge in [-0.1, -0.05) is 35.3 Å². The normalized spacial score (nSPS) is 16.5. The van der Waals surface area contributed by atoms with Crippen LogP contribution in [0.25, 0.3) is 0 Å². The van der Waals surface area contributed by atoms with E-state index in [9.17, 15) is 14.4 Å². The van der Waals surface area contributed by atoms with E-state index in [2.05, 4.69) is 10.2 Å². The van der Waals surface area contributed by atoms with E-state index in [1.807, 2.05) is 19.2 Å². The number of carboxylic acids is 2. The third-order valence-corrected chi connectivity index (χ3v) is 5.58. The summed E-state index contributed by atoms with van der Waals surface area (Å²) in [4.78, 5) is 36.8. The van der Waals surface area contributed by atoms with Crippen molar-refractivity contribution in [3.8, 4) is 0 Å². The van der Waals surface area contributed by atoms with Gasteiger partial charge in [0.15, 0.2) is 0 Å². The van der Waals surface area contributed by atoms with Gasteiger partial charge < -0.3 is 20.4 Å². The fraction of sp³-hybridized carbons (Fsp3) is 0.286. The molecule has 0 radical (unpaired) electrons. The molecular weight excluding hydrogens is 467 g/mol. The number of rotatable bonds is 6. The highest BCUT2D eigenvalue weighted by atomic mass is 35.5. The molecule has 31 heavy (non-hydrogen) atoms. The van der Waals surface area contributed by atoms with Crippen LogP contribution in [0.1, 0.15) is 39.4 Å². The molecule has 0 fully saturated rings. The van der Waals surface area contributed by atoms with Crippen LogP contribution >= 0.6 is 35.6 Å². The number of halogens is 3. The van der Waals surface area contributed by atoms with Gasteiger partial charge in [-0.25, -0.2) is 4.79 Å². The zero-order valence-electron chi connectivity index (χ0n) is 16.5. The Balaban J connectivity index is 0.00000341. The molecule has 1 aliphatic heterocycles. The second-order valence-corrected chi connectivity index (χ2v) is 8.14. The smallest absolute Gasteiger partial charge is 0.326 e. The van der Waals surface area contributed by atoms with Crippen LogP contribution in [0.5, 0.6) is 0 Å². The number of carbonyl (C=O) groups excluding carboxylic acids is 1. The van der Waals surface area contributed by atoms with Gasteiger partial charge in [-0.15, -0.1) is 12.4 Å². The Labute approximate surface area is 195 Å². The van der Waals surface area contributed by atoms with E-state index in [0.717, 1.165) is 16.7 Å². The van der Waals surface area contributed by atoms with Crippen LogP contribution < -0.4 is 5.32 Å². The summed E-state index contributed by atoms with van der Waals surface area (Å²) >= 11 is 12.6. The number of likely N-dealkylation sites (N-methyl/N-ethyl adjacent to an activating group) is 1. The van der Waals surface area contributed by atoms with Crippen molar-refractivity contribution in [2.24, 2.45) is 0 Å². The standard InChI is InChI=1S/C21H20Cl2N2O5.ClH/c1-25-9-15(14-6-13(22)7-17(23)16(14)10-25)11-3-2-4-12(5-11)20(28)24-18(21(29)30)8-19(26)27;/h2-7,15,18H,8-10H2,1H3,(H,24,28)(H,26,27)(H,29,30);1H. The van der Waals surface area contributed by atoms with Gasteiger partial charge >= 0.3 is 11.9 Å². The van der Waals surface area contributed by atoms with Crippen LogP contribution in [0, 0.1) is 0 Å². The van der Waals surface area contributed by atoms with Gasteiger partial charge in [0.05, 0.1) is 6.42 Å². The summed E-state index contributed by atoms with van der Waals surface area (Å²) in [6, 6.07) is 8.88. The van der Waals surface area contributed by atoms with Crippen molar-refractivity contribution in [2.45, 2.75) is 24.9 Å². The molecule has 0 aliphatic carbocycles. The number of hydrogen-bond donors (Lipinski definition) is 3. The van der Waals surface area contributed by atoms with Gasteiger partial charge in [-0.2, -0.15) is 0 Å². The van der Waals surface area contributed by atoms with Gasteiger partial charge in [0.2, 0.25) is 0 Å². The molecule has 2 aromatic carbocycles. The highest BCUT2D eigenvalue weighted by Gasteiger charge is 2.28. The second kappa shape index (κ2) is 10.3. The fourth-order valence-electron chi connectivity index (χ4n) is 3.64. The minimum absolute atomic E-state index is 0. The molecule has 1 amide bonds. The van der Waals surface area contributed by atoms with Crippen molar-refractivity contribution in [3.05, 3.63) is 68.7 Å². The Morgan fingerprint density at radius 1 is 1.19 bits per heavy atom. The van der Waals surface area contributed by atoms with Crippen LogP contribution in [0.4, 0.5) is 0 Å². The summed E-state index contributed by atoms with van der Waals surface area (Å²) in [5.74, 6) is -3.46. The molecule has 2 atom stereocenters. The third kappa shape index (κ3) is 5.89. The lowest BCUT2D eigenvalue weighted by molar-refractivity contribution is -0.145. The molecule has 7 nitrogen and oxygen atoms in total. The average Bonchev–Trinajstić information content (AvgIpc) is 2.67. The number of amides is 1. The van der Waals surface area contributed by atoms with E-state index in [1.54, 1.807) is 24.3 Å². The molecular formula is C21H21Cl3N2O5. The van der Waals surface area contributed by atoms with Crippen molar-refractivity contribution in [3.63, 3.8) is 0 Å². The van der Waals surface area contributed by atoms with Gasteiger partial charge in [0.1, 0.15) is 6.04 Å². The van der Waals surface area contributed by atoms with Crippen LogP contribution in [0.2, 0.25) is 10.0 Å². The monoisotopic (exact) mass is 486 g/mol. The topological polar surface area (TPSA) is 107 Å². The summed E-state index contributed by atoms with van der Waals surface area (Å²) in [5.41, 5.74) is 3.05. The molecule has 3 N–H and O–H groups in total. The molecule has 2 unspecified atom stereocenters. The molecule has 0 saturated carbocycles. The van der Waals surface area contributed by atoms with Crippen molar-refractivity contribution < 1.29 is 24.6 Å². The lowest BCUT2D eigenvalue weighted by Crippen LogP contribution is -2.42. The van der Waals surface area contributed by atoms with Crippen molar-refractivity contribution in [1.29, 1.82) is 0 Å². The zero-order valence-corrected chi connectivity index (χ0v) is 18.8. The van der Waals surface area contributed by atoms with E-state index in [1.165, 1.54) is 0 Å². The Morgan fingerprint density at radius 3 is 2.55 bits per heavy atom. The number of carboxylic acid groups (broad SMARTS) is 2. The minimum Gasteiger partial charge on any atom is -0.481 e. The number of hydrogen-bond acceptors (Lipinski definition) is 4. The van der Waals surface area contributed by atoms with Gasteiger partial charge in [-0.05, 0) is 48.0 Å². The molecule has 0 saturated heterocycles. The summed E-state index contributed by atoms with van der Waals surface area (Å²) in [6.07, 6.45) is -0.710. The van der Waals surface area contributed by atoms with E-state index >= 15 is 0 Å². The summed E-state index contributed by atoms with van der Waals surface area (Å²) in [7, 11) is 1.97. The first kappa shape index (κ1) is 24.9. The Hall–Kier alpha value is -2.32. The van der Waals surface area contributed by atoms with Crippen molar-refractivity contribution >= 4 is 53.5 Å². The van der Waals surface area contributed by atoms with Crippen LogP contribution in [-0.4, -0.2) is 52.6 Å². The zero-order chi connectivity index (χ0) is 22.0. The molecule has 0 bridgehead atoms. The van der Waals surface area contributed by atoms with E-state index in [4.69, 9.17) is 33.4 Å². The number of nitrogens with zero attached hydrogens (tertiary/aromatic N) is 1. The molecule has 0 aromatic heterocycles. The maximum Gasteiger partial charge on any atom is 0.326 e. The summed E-state index contributed by atoms with van der Waals surface area (Å²) < 4.78 is 0. The van der Waals surface area contributed by atoms with E-state index < -0.39 is 30.3 Å². The summed E-state index contributed by atoms with van der Waals surface area (Å²) in [5, 5.41) is 21.4. The van der Waals surface area contributed by atoms with E-state index in [-0.39, 0.29) is 23.9 Å². The highest BCUT2D eigenvalue weighted by Crippen LogP contribution is 2.38. The van der Waals surface area contributed by atoms with Gasteiger partial charge in [0, 0.05) is 34.6 Å². The van der Waals surface area contributed by atoms with Gasteiger partial charge in [-0.3, -0.25) is 9.59 Å². The molecule has 1 aliphatic rings. The quantitative estimate of drug-likeness (QED) is 0.574. The Bertz CT molecular complexity index is 1010. The Morgan fingerprint density at radius 2 is 1.90 bits per heavy atom. The third-order valence-electron chi connectivity index (χ3n) is 5.03. The number of fused-ring (bicyclic) bond motifs is 1. The molecule has 1 heterocycles. The van der Waals surface area contributed by atoms with Crippen molar-refractivity contribution in [2.75, 3.05) is 13.6 Å².